The summed E-state index contributed by atoms with van der Waals surface area (Å²) < 4.78 is 1.91. The number of urea groups is 1. The first-order valence-electron chi connectivity index (χ1n) is 8.13. The van der Waals surface area contributed by atoms with Crippen LogP contribution in [0, 0.1) is 0 Å². The fourth-order valence-corrected chi connectivity index (χ4v) is 4.02. The zero-order chi connectivity index (χ0) is 16.5. The number of carbonyl (C=O) groups excluding carboxylic acids is 1. The van der Waals surface area contributed by atoms with E-state index in [1.165, 1.54) is 5.56 Å². The van der Waals surface area contributed by atoms with Gasteiger partial charge in [0.05, 0.1) is 12.1 Å². The third kappa shape index (κ3) is 2.65. The molecule has 4 heterocycles. The van der Waals surface area contributed by atoms with Crippen molar-refractivity contribution < 1.29 is 4.79 Å². The molecule has 1 aliphatic rings. The number of fused-ring (bicyclic) bond motifs is 1. The lowest BCUT2D eigenvalue weighted by Gasteiger charge is -2.26. The summed E-state index contributed by atoms with van der Waals surface area (Å²) in [6, 6.07) is 7.80. The van der Waals surface area contributed by atoms with Crippen molar-refractivity contribution in [1.82, 2.24) is 24.8 Å². The van der Waals surface area contributed by atoms with E-state index in [2.05, 4.69) is 32.3 Å². The molecule has 1 N–H and O–H groups in total. The van der Waals surface area contributed by atoms with Gasteiger partial charge in [0, 0.05) is 12.7 Å². The molecule has 1 fully saturated rings. The van der Waals surface area contributed by atoms with Gasteiger partial charge >= 0.3 is 6.03 Å². The molecule has 7 heteroatoms. The maximum absolute atomic E-state index is 12.8. The van der Waals surface area contributed by atoms with Crippen LogP contribution in [0.2, 0.25) is 0 Å². The highest BCUT2D eigenvalue weighted by atomic mass is 32.1. The Bertz CT molecular complexity index is 844. The van der Waals surface area contributed by atoms with Gasteiger partial charge in [-0.1, -0.05) is 6.07 Å². The van der Waals surface area contributed by atoms with E-state index in [4.69, 9.17) is 0 Å². The first-order chi connectivity index (χ1) is 11.7. The van der Waals surface area contributed by atoms with Gasteiger partial charge in [-0.25, -0.2) is 4.79 Å². The second kappa shape index (κ2) is 6.24. The van der Waals surface area contributed by atoms with E-state index in [1.807, 2.05) is 40.6 Å². The van der Waals surface area contributed by atoms with Crippen LogP contribution in [0.1, 0.15) is 43.2 Å². The van der Waals surface area contributed by atoms with Crippen LogP contribution in [-0.2, 0) is 0 Å². The van der Waals surface area contributed by atoms with Crippen molar-refractivity contribution in [2.45, 2.75) is 31.8 Å². The van der Waals surface area contributed by atoms with E-state index in [1.54, 1.807) is 11.3 Å². The van der Waals surface area contributed by atoms with Crippen LogP contribution < -0.4 is 5.32 Å². The zero-order valence-electron chi connectivity index (χ0n) is 13.4. The highest BCUT2D eigenvalue weighted by Crippen LogP contribution is 2.33. The van der Waals surface area contributed by atoms with E-state index < -0.39 is 0 Å². The minimum atomic E-state index is -0.210. The van der Waals surface area contributed by atoms with E-state index in [0.717, 1.165) is 30.9 Å². The number of thiophene rings is 1. The summed E-state index contributed by atoms with van der Waals surface area (Å²) in [5.74, 6) is 0.741. The first-order valence-corrected chi connectivity index (χ1v) is 9.07. The van der Waals surface area contributed by atoms with Crippen LogP contribution in [0.25, 0.3) is 5.65 Å². The lowest BCUT2D eigenvalue weighted by molar-refractivity contribution is 0.189. The predicted molar refractivity (Wildman–Crippen MR) is 92.9 cm³/mol. The molecule has 2 amide bonds. The number of hydrogen-bond donors (Lipinski definition) is 1. The molecular weight excluding hydrogens is 322 g/mol. The number of carbonyl (C=O) groups is 1. The van der Waals surface area contributed by atoms with Gasteiger partial charge in [0.2, 0.25) is 0 Å². The molecule has 1 aliphatic heterocycles. The quantitative estimate of drug-likeness (QED) is 0.794. The molecule has 0 spiro atoms. The van der Waals surface area contributed by atoms with Crippen LogP contribution in [0.4, 0.5) is 4.79 Å². The Morgan fingerprint density at radius 2 is 2.29 bits per heavy atom. The van der Waals surface area contributed by atoms with Crippen LogP contribution >= 0.6 is 11.3 Å². The largest absolute Gasteiger partial charge is 0.328 e. The van der Waals surface area contributed by atoms with Gasteiger partial charge in [0.25, 0.3) is 0 Å². The molecule has 4 rings (SSSR count). The van der Waals surface area contributed by atoms with Crippen molar-refractivity contribution in [2.75, 3.05) is 6.54 Å². The van der Waals surface area contributed by atoms with Crippen LogP contribution in [-0.4, -0.2) is 32.1 Å². The molecule has 0 radical (unpaired) electrons. The van der Waals surface area contributed by atoms with Gasteiger partial charge in [-0.15, -0.1) is 10.2 Å². The van der Waals surface area contributed by atoms with Gasteiger partial charge in [0.1, 0.15) is 0 Å². The maximum Gasteiger partial charge on any atom is 0.318 e. The third-order valence-electron chi connectivity index (χ3n) is 4.51. The Hall–Kier alpha value is -2.41. The number of nitrogens with one attached hydrogen (secondary N) is 1. The van der Waals surface area contributed by atoms with E-state index in [-0.39, 0.29) is 18.1 Å². The summed E-state index contributed by atoms with van der Waals surface area (Å²) in [5.41, 5.74) is 2.01. The Morgan fingerprint density at radius 3 is 3.12 bits per heavy atom. The smallest absolute Gasteiger partial charge is 0.318 e. The Labute approximate surface area is 144 Å². The lowest BCUT2D eigenvalue weighted by atomic mass is 10.1. The van der Waals surface area contributed by atoms with Gasteiger partial charge < -0.3 is 10.2 Å². The van der Waals surface area contributed by atoms with Gasteiger partial charge in [-0.05, 0) is 54.3 Å². The summed E-state index contributed by atoms with van der Waals surface area (Å²) in [4.78, 5) is 14.7. The molecule has 0 unspecified atom stereocenters. The summed E-state index contributed by atoms with van der Waals surface area (Å²) in [7, 11) is 0. The SMILES string of the molecule is C[C@@H](NC(=O)N1CCC[C@@H]1c1ccsc1)c1nnc2ccccn12. The van der Waals surface area contributed by atoms with E-state index >= 15 is 0 Å². The number of likely N-dealkylation sites (tertiary alicyclic amines) is 1. The van der Waals surface area contributed by atoms with E-state index in [0.29, 0.717) is 0 Å². The number of nitrogens with zero attached hydrogens (tertiary/aromatic N) is 4. The Balaban J connectivity index is 1.51. The molecule has 0 saturated carbocycles. The summed E-state index contributed by atoms with van der Waals surface area (Å²) in [6.07, 6.45) is 3.97. The molecule has 0 bridgehead atoms. The monoisotopic (exact) mass is 341 g/mol. The average Bonchev–Trinajstić information content (AvgIpc) is 3.33. The normalized spacial score (nSPS) is 18.9. The van der Waals surface area contributed by atoms with Gasteiger partial charge in [-0.2, -0.15) is 11.3 Å². The Morgan fingerprint density at radius 1 is 1.38 bits per heavy atom. The highest BCUT2D eigenvalue weighted by Gasteiger charge is 2.31. The molecule has 0 aromatic carbocycles. The number of aromatic nitrogens is 3. The average molecular weight is 341 g/mol. The first kappa shape index (κ1) is 15.1. The number of rotatable bonds is 3. The summed E-state index contributed by atoms with van der Waals surface area (Å²) in [6.45, 7) is 2.73. The lowest BCUT2D eigenvalue weighted by Crippen LogP contribution is -2.40. The molecule has 24 heavy (non-hydrogen) atoms. The molecule has 0 aliphatic carbocycles. The minimum absolute atomic E-state index is 0.0381. The Kier molecular flexibility index (Phi) is 3.93. The number of pyridine rings is 1. The summed E-state index contributed by atoms with van der Waals surface area (Å²) in [5, 5.41) is 15.6. The minimum Gasteiger partial charge on any atom is -0.328 e. The van der Waals surface area contributed by atoms with Crippen molar-refractivity contribution in [3.05, 3.63) is 52.6 Å². The van der Waals surface area contributed by atoms with Gasteiger partial charge in [-0.3, -0.25) is 4.40 Å². The second-order valence-corrected chi connectivity index (χ2v) is 6.85. The second-order valence-electron chi connectivity index (χ2n) is 6.07. The third-order valence-corrected chi connectivity index (χ3v) is 5.21. The van der Waals surface area contributed by atoms with Crippen molar-refractivity contribution in [1.29, 1.82) is 0 Å². The molecular formula is C17H19N5OS. The zero-order valence-corrected chi connectivity index (χ0v) is 14.2. The van der Waals surface area contributed by atoms with Crippen LogP contribution in [0.5, 0.6) is 0 Å². The predicted octanol–water partition coefficient (Wildman–Crippen LogP) is 3.40. The molecule has 6 nitrogen and oxygen atoms in total. The van der Waals surface area contributed by atoms with E-state index in [9.17, 15) is 4.79 Å². The van der Waals surface area contributed by atoms with Gasteiger partial charge in [0.15, 0.2) is 11.5 Å². The van der Waals surface area contributed by atoms with Crippen molar-refractivity contribution >= 4 is 23.0 Å². The highest BCUT2D eigenvalue weighted by molar-refractivity contribution is 7.07. The topological polar surface area (TPSA) is 62.5 Å². The fraction of sp³-hybridized carbons (Fsp3) is 0.353. The molecule has 2 atom stereocenters. The molecule has 124 valence electrons. The van der Waals surface area contributed by atoms with Crippen molar-refractivity contribution in [3.63, 3.8) is 0 Å². The van der Waals surface area contributed by atoms with Crippen molar-refractivity contribution in [2.24, 2.45) is 0 Å². The summed E-state index contributed by atoms with van der Waals surface area (Å²) >= 11 is 1.67. The maximum atomic E-state index is 12.8. The number of amides is 2. The number of hydrogen-bond acceptors (Lipinski definition) is 4. The molecule has 1 saturated heterocycles. The molecule has 3 aromatic heterocycles. The van der Waals surface area contributed by atoms with Crippen LogP contribution in [0.15, 0.2) is 41.2 Å². The van der Waals surface area contributed by atoms with Crippen molar-refractivity contribution in [3.8, 4) is 0 Å². The fourth-order valence-electron chi connectivity index (χ4n) is 3.31. The van der Waals surface area contributed by atoms with Crippen LogP contribution in [0.3, 0.4) is 0 Å². The standard InChI is InChI=1S/C17H19N5OS/c1-12(16-20-19-15-6-2-3-8-22(15)16)18-17(23)21-9-4-5-14(21)13-7-10-24-11-13/h2-3,6-8,10-12,14H,4-5,9H2,1H3,(H,18,23)/t12-,14-/m1/s1. The molecule has 3 aromatic rings.